The summed E-state index contributed by atoms with van der Waals surface area (Å²) in [6.07, 6.45) is 0. The molecular formula is C9H11ClN2O. The summed E-state index contributed by atoms with van der Waals surface area (Å²) in [6, 6.07) is 8.57. The molecule has 0 aliphatic rings. The summed E-state index contributed by atoms with van der Waals surface area (Å²) < 4.78 is 4.98. The first-order chi connectivity index (χ1) is 5.77. The molecule has 1 aromatic carbocycles. The third-order valence-corrected chi connectivity index (χ3v) is 1.59. The zero-order valence-corrected chi connectivity index (χ0v) is 8.04. The molecular weight excluding hydrogens is 188 g/mol. The van der Waals surface area contributed by atoms with Crippen LogP contribution >= 0.6 is 12.4 Å². The quantitative estimate of drug-likeness (QED) is 0.786. The van der Waals surface area contributed by atoms with Crippen molar-refractivity contribution >= 4 is 12.4 Å². The predicted molar refractivity (Wildman–Crippen MR) is 52.8 cm³/mol. The van der Waals surface area contributed by atoms with Crippen LogP contribution in [0.4, 0.5) is 0 Å². The van der Waals surface area contributed by atoms with Crippen molar-refractivity contribution in [3.63, 3.8) is 0 Å². The van der Waals surface area contributed by atoms with Gasteiger partial charge in [-0.25, -0.2) is 0 Å². The van der Waals surface area contributed by atoms with E-state index in [1.807, 2.05) is 18.2 Å². The zero-order chi connectivity index (χ0) is 8.97. The first-order valence-corrected chi connectivity index (χ1v) is 3.57. The molecule has 0 saturated carbocycles. The molecule has 0 saturated heterocycles. The van der Waals surface area contributed by atoms with E-state index in [-0.39, 0.29) is 12.4 Å². The van der Waals surface area contributed by atoms with Crippen LogP contribution in [0.2, 0.25) is 0 Å². The monoisotopic (exact) mass is 198 g/mol. The Morgan fingerprint density at radius 2 is 2.23 bits per heavy atom. The highest BCUT2D eigenvalue weighted by molar-refractivity contribution is 5.85. The Bertz CT molecular complexity index is 309. The number of nitrogens with two attached hydrogens (primary N) is 1. The molecule has 0 aromatic heterocycles. The molecule has 4 heteroatoms. The highest BCUT2D eigenvalue weighted by Crippen LogP contribution is 2.16. The smallest absolute Gasteiger partial charge is 0.119 e. The Hall–Kier alpha value is -1.24. The van der Waals surface area contributed by atoms with Gasteiger partial charge in [-0.05, 0) is 17.7 Å². The number of nitrogens with zero attached hydrogens (tertiary/aromatic N) is 1. The van der Waals surface area contributed by atoms with E-state index >= 15 is 0 Å². The van der Waals surface area contributed by atoms with Gasteiger partial charge < -0.3 is 10.5 Å². The topological polar surface area (TPSA) is 59.0 Å². The highest BCUT2D eigenvalue weighted by Gasteiger charge is 2.03. The Morgan fingerprint density at radius 1 is 1.54 bits per heavy atom. The molecule has 1 atom stereocenters. The molecule has 0 heterocycles. The second kappa shape index (κ2) is 5.41. The summed E-state index contributed by atoms with van der Waals surface area (Å²) in [4.78, 5) is 0. The molecule has 0 aliphatic heterocycles. The summed E-state index contributed by atoms with van der Waals surface area (Å²) in [5.74, 6) is 0.721. The summed E-state index contributed by atoms with van der Waals surface area (Å²) >= 11 is 0. The summed E-state index contributed by atoms with van der Waals surface area (Å²) in [5, 5.41) is 8.54. The predicted octanol–water partition coefficient (Wildman–Crippen LogP) is 1.64. The number of benzene rings is 1. The lowest BCUT2D eigenvalue weighted by Gasteiger charge is -2.04. The second-order valence-electron chi connectivity index (χ2n) is 2.38. The second-order valence-corrected chi connectivity index (χ2v) is 2.38. The van der Waals surface area contributed by atoms with Gasteiger partial charge in [-0.15, -0.1) is 12.4 Å². The van der Waals surface area contributed by atoms with Gasteiger partial charge in [0.15, 0.2) is 0 Å². The van der Waals surface area contributed by atoms with Crippen molar-refractivity contribution in [3.8, 4) is 11.8 Å². The van der Waals surface area contributed by atoms with Gasteiger partial charge >= 0.3 is 0 Å². The first kappa shape index (κ1) is 11.8. The fraction of sp³-hybridized carbons (Fsp3) is 0.222. The van der Waals surface area contributed by atoms with Crippen LogP contribution in [-0.2, 0) is 0 Å². The van der Waals surface area contributed by atoms with Crippen molar-refractivity contribution in [2.75, 3.05) is 7.11 Å². The van der Waals surface area contributed by atoms with Crippen LogP contribution in [0.5, 0.6) is 5.75 Å². The van der Waals surface area contributed by atoms with Crippen molar-refractivity contribution in [3.05, 3.63) is 29.8 Å². The van der Waals surface area contributed by atoms with Crippen molar-refractivity contribution in [2.45, 2.75) is 6.04 Å². The van der Waals surface area contributed by atoms with Crippen LogP contribution < -0.4 is 10.5 Å². The first-order valence-electron chi connectivity index (χ1n) is 3.57. The van der Waals surface area contributed by atoms with Gasteiger partial charge in [0.1, 0.15) is 11.8 Å². The van der Waals surface area contributed by atoms with E-state index in [2.05, 4.69) is 0 Å². The van der Waals surface area contributed by atoms with Crippen LogP contribution in [0.1, 0.15) is 11.6 Å². The van der Waals surface area contributed by atoms with Crippen molar-refractivity contribution < 1.29 is 4.74 Å². The highest BCUT2D eigenvalue weighted by atomic mass is 35.5. The van der Waals surface area contributed by atoms with Gasteiger partial charge in [-0.1, -0.05) is 12.1 Å². The molecule has 1 rings (SSSR count). The van der Waals surface area contributed by atoms with Gasteiger partial charge in [0, 0.05) is 0 Å². The van der Waals surface area contributed by atoms with E-state index in [1.54, 1.807) is 19.2 Å². The number of hydrogen-bond donors (Lipinski definition) is 1. The molecule has 0 radical (unpaired) electrons. The molecule has 0 spiro atoms. The van der Waals surface area contributed by atoms with E-state index in [0.29, 0.717) is 0 Å². The molecule has 0 amide bonds. The number of rotatable bonds is 2. The number of nitriles is 1. The largest absolute Gasteiger partial charge is 0.497 e. The van der Waals surface area contributed by atoms with Gasteiger partial charge in [0.25, 0.3) is 0 Å². The van der Waals surface area contributed by atoms with Gasteiger partial charge in [-0.3, -0.25) is 0 Å². The summed E-state index contributed by atoms with van der Waals surface area (Å²) in [6.45, 7) is 0. The van der Waals surface area contributed by atoms with Crippen LogP contribution in [-0.4, -0.2) is 7.11 Å². The SMILES string of the molecule is COc1cccc(C(N)C#N)c1.Cl. The Labute approximate surface area is 83.5 Å². The molecule has 1 unspecified atom stereocenters. The van der Waals surface area contributed by atoms with E-state index in [9.17, 15) is 0 Å². The maximum absolute atomic E-state index is 8.54. The molecule has 2 N–H and O–H groups in total. The minimum Gasteiger partial charge on any atom is -0.497 e. The minimum absolute atomic E-state index is 0. The number of halogens is 1. The Morgan fingerprint density at radius 3 is 2.77 bits per heavy atom. The lowest BCUT2D eigenvalue weighted by atomic mass is 10.1. The fourth-order valence-electron chi connectivity index (χ4n) is 0.910. The Balaban J connectivity index is 0.00000144. The fourth-order valence-corrected chi connectivity index (χ4v) is 0.910. The van der Waals surface area contributed by atoms with Crippen molar-refractivity contribution in [2.24, 2.45) is 5.73 Å². The maximum atomic E-state index is 8.54. The molecule has 13 heavy (non-hydrogen) atoms. The molecule has 70 valence electrons. The van der Waals surface area contributed by atoms with Gasteiger partial charge in [-0.2, -0.15) is 5.26 Å². The summed E-state index contributed by atoms with van der Waals surface area (Å²) in [7, 11) is 1.58. The van der Waals surface area contributed by atoms with E-state index in [4.69, 9.17) is 15.7 Å². The third kappa shape index (κ3) is 2.94. The molecule has 1 aromatic rings. The van der Waals surface area contributed by atoms with Crippen LogP contribution in [0, 0.1) is 11.3 Å². The lowest BCUT2D eigenvalue weighted by molar-refractivity contribution is 0.414. The average molecular weight is 199 g/mol. The lowest BCUT2D eigenvalue weighted by Crippen LogP contribution is -2.06. The van der Waals surface area contributed by atoms with Crippen LogP contribution in [0.15, 0.2) is 24.3 Å². The zero-order valence-electron chi connectivity index (χ0n) is 7.23. The Kier molecular flexibility index (Phi) is 4.90. The normalized spacial score (nSPS) is 10.8. The minimum atomic E-state index is -0.569. The molecule has 0 fully saturated rings. The molecule has 0 aliphatic carbocycles. The standard InChI is InChI=1S/C9H10N2O.ClH/c1-12-8-4-2-3-7(5-8)9(11)6-10;/h2-5,9H,11H2,1H3;1H. The average Bonchev–Trinajstić information content (AvgIpc) is 2.17. The maximum Gasteiger partial charge on any atom is 0.119 e. The van der Waals surface area contributed by atoms with Crippen molar-refractivity contribution in [1.29, 1.82) is 5.26 Å². The van der Waals surface area contributed by atoms with Gasteiger partial charge in [0.2, 0.25) is 0 Å². The van der Waals surface area contributed by atoms with Crippen LogP contribution in [0.25, 0.3) is 0 Å². The van der Waals surface area contributed by atoms with Gasteiger partial charge in [0.05, 0.1) is 13.2 Å². The summed E-state index contributed by atoms with van der Waals surface area (Å²) in [5.41, 5.74) is 6.28. The van der Waals surface area contributed by atoms with E-state index < -0.39 is 6.04 Å². The van der Waals surface area contributed by atoms with E-state index in [0.717, 1.165) is 11.3 Å². The van der Waals surface area contributed by atoms with E-state index in [1.165, 1.54) is 0 Å². The van der Waals surface area contributed by atoms with Crippen molar-refractivity contribution in [1.82, 2.24) is 0 Å². The number of hydrogen-bond acceptors (Lipinski definition) is 3. The number of methoxy groups -OCH3 is 1. The molecule has 0 bridgehead atoms. The third-order valence-electron chi connectivity index (χ3n) is 1.59. The molecule has 3 nitrogen and oxygen atoms in total. The van der Waals surface area contributed by atoms with Crippen LogP contribution in [0.3, 0.4) is 0 Å². The number of ether oxygens (including phenoxy) is 1.